The first kappa shape index (κ1) is 12.4. The van der Waals surface area contributed by atoms with Gasteiger partial charge >= 0.3 is 6.03 Å². The van der Waals surface area contributed by atoms with Crippen LogP contribution in [0.25, 0.3) is 0 Å². The fourth-order valence-corrected chi connectivity index (χ4v) is 1.39. The molecule has 6 heteroatoms. The molecule has 1 aromatic carbocycles. The topological polar surface area (TPSA) is 95.8 Å². The van der Waals surface area contributed by atoms with Gasteiger partial charge < -0.3 is 5.11 Å². The minimum absolute atomic E-state index is 0.183. The van der Waals surface area contributed by atoms with Gasteiger partial charge in [0.1, 0.15) is 0 Å². The fourth-order valence-electron chi connectivity index (χ4n) is 1.39. The monoisotopic (exact) mass is 224 g/mol. The first-order valence-electron chi connectivity index (χ1n) is 4.75. The molecular weight excluding hydrogens is 208 g/mol. The Morgan fingerprint density at radius 3 is 2.56 bits per heavy atom. The van der Waals surface area contributed by atoms with Crippen molar-refractivity contribution in [3.05, 3.63) is 29.3 Å². The van der Waals surface area contributed by atoms with Crippen molar-refractivity contribution < 1.29 is 9.90 Å². The van der Waals surface area contributed by atoms with Crippen LogP contribution in [0.1, 0.15) is 11.1 Å². The van der Waals surface area contributed by atoms with E-state index in [0.29, 0.717) is 11.3 Å². The third-order valence-electron chi connectivity index (χ3n) is 2.31. The highest BCUT2D eigenvalue weighted by Gasteiger charge is 2.17. The molecule has 0 unspecified atom stereocenters. The van der Waals surface area contributed by atoms with E-state index in [2.05, 4.69) is 0 Å². The van der Waals surface area contributed by atoms with Crippen LogP contribution in [0.4, 0.5) is 10.5 Å². The molecule has 0 heterocycles. The largest absolute Gasteiger partial charge is 0.392 e. The Labute approximate surface area is 94.0 Å². The molecule has 16 heavy (non-hydrogen) atoms. The van der Waals surface area contributed by atoms with Gasteiger partial charge in [0.2, 0.25) is 0 Å². The maximum Gasteiger partial charge on any atom is 0.352 e. The van der Waals surface area contributed by atoms with Crippen molar-refractivity contribution in [1.29, 1.82) is 0 Å². The van der Waals surface area contributed by atoms with E-state index in [-0.39, 0.29) is 6.61 Å². The summed E-state index contributed by atoms with van der Waals surface area (Å²) < 4.78 is 0. The van der Waals surface area contributed by atoms with E-state index in [1.165, 1.54) is 7.05 Å². The summed E-state index contributed by atoms with van der Waals surface area (Å²) in [6.07, 6.45) is 0. The lowest BCUT2D eigenvalue weighted by atomic mass is 10.1. The number of urea groups is 1. The lowest BCUT2D eigenvalue weighted by Gasteiger charge is -2.23. The number of carbonyl (C=O) groups is 1. The second-order valence-electron chi connectivity index (χ2n) is 3.49. The molecule has 2 amide bonds. The Kier molecular flexibility index (Phi) is 3.83. The minimum Gasteiger partial charge on any atom is -0.392 e. The molecule has 0 aliphatic rings. The summed E-state index contributed by atoms with van der Waals surface area (Å²) in [4.78, 5) is 11.5. The number of anilines is 1. The molecule has 0 aromatic heterocycles. The van der Waals surface area contributed by atoms with Crippen molar-refractivity contribution in [2.24, 2.45) is 11.7 Å². The standard InChI is InChI=1S/C10H16N4O2/c1-7-4-3-5-9(8(7)6-15)14(12)10(16)13(2)11/h3-5,15H,6,11-12H2,1-2H3. The number of carbonyl (C=O) groups excluding carboxylic acids is 1. The minimum atomic E-state index is -0.555. The van der Waals surface area contributed by atoms with Crippen molar-refractivity contribution in [2.75, 3.05) is 12.1 Å². The smallest absolute Gasteiger partial charge is 0.352 e. The van der Waals surface area contributed by atoms with Crippen LogP contribution in [0.3, 0.4) is 0 Å². The lowest BCUT2D eigenvalue weighted by molar-refractivity contribution is 0.216. The van der Waals surface area contributed by atoms with E-state index < -0.39 is 6.03 Å². The number of benzene rings is 1. The molecule has 0 radical (unpaired) electrons. The number of aliphatic hydroxyl groups is 1. The molecular formula is C10H16N4O2. The average Bonchev–Trinajstić information content (AvgIpc) is 2.26. The highest BCUT2D eigenvalue weighted by atomic mass is 16.3. The number of hydrogen-bond acceptors (Lipinski definition) is 4. The van der Waals surface area contributed by atoms with Gasteiger partial charge in [0, 0.05) is 12.6 Å². The van der Waals surface area contributed by atoms with Gasteiger partial charge in [-0.1, -0.05) is 12.1 Å². The molecule has 0 fully saturated rings. The van der Waals surface area contributed by atoms with Crippen LogP contribution in [0.5, 0.6) is 0 Å². The molecule has 0 bridgehead atoms. The number of aliphatic hydroxyl groups excluding tert-OH is 1. The van der Waals surface area contributed by atoms with E-state index in [9.17, 15) is 9.90 Å². The molecule has 0 atom stereocenters. The molecule has 0 aliphatic heterocycles. The van der Waals surface area contributed by atoms with Crippen LogP contribution in [0.2, 0.25) is 0 Å². The number of hydrazine groups is 2. The van der Waals surface area contributed by atoms with Crippen LogP contribution in [-0.4, -0.2) is 23.2 Å². The zero-order valence-electron chi connectivity index (χ0n) is 9.34. The van der Waals surface area contributed by atoms with Crippen molar-refractivity contribution >= 4 is 11.7 Å². The number of amides is 2. The zero-order valence-corrected chi connectivity index (χ0v) is 9.34. The van der Waals surface area contributed by atoms with Crippen LogP contribution in [0.15, 0.2) is 18.2 Å². The molecule has 0 aliphatic carbocycles. The number of rotatable bonds is 2. The Bertz CT molecular complexity index is 392. The van der Waals surface area contributed by atoms with Gasteiger partial charge in [-0.2, -0.15) is 0 Å². The Hall–Kier alpha value is -1.63. The average molecular weight is 224 g/mol. The highest BCUT2D eigenvalue weighted by molar-refractivity contribution is 5.91. The van der Waals surface area contributed by atoms with Gasteiger partial charge in [-0.05, 0) is 18.6 Å². The van der Waals surface area contributed by atoms with E-state index in [1.807, 2.05) is 13.0 Å². The maximum absolute atomic E-state index is 11.5. The van der Waals surface area contributed by atoms with E-state index in [4.69, 9.17) is 11.7 Å². The van der Waals surface area contributed by atoms with Crippen LogP contribution in [-0.2, 0) is 6.61 Å². The van der Waals surface area contributed by atoms with Gasteiger partial charge in [-0.25, -0.2) is 21.5 Å². The molecule has 0 saturated heterocycles. The van der Waals surface area contributed by atoms with Gasteiger partial charge in [0.05, 0.1) is 12.3 Å². The summed E-state index contributed by atoms with van der Waals surface area (Å²) >= 11 is 0. The van der Waals surface area contributed by atoms with E-state index >= 15 is 0 Å². The number of nitrogens with two attached hydrogens (primary N) is 2. The molecule has 0 spiro atoms. The normalized spacial score (nSPS) is 10.1. The Morgan fingerprint density at radius 1 is 1.44 bits per heavy atom. The SMILES string of the molecule is Cc1cccc(N(N)C(=O)N(C)N)c1CO. The van der Waals surface area contributed by atoms with Gasteiger partial charge in [-0.3, -0.25) is 5.01 Å². The summed E-state index contributed by atoms with van der Waals surface area (Å²) in [6.45, 7) is 1.65. The molecule has 0 saturated carbocycles. The van der Waals surface area contributed by atoms with Crippen molar-refractivity contribution in [1.82, 2.24) is 5.01 Å². The lowest BCUT2D eigenvalue weighted by Crippen LogP contribution is -2.49. The number of nitrogens with zero attached hydrogens (tertiary/aromatic N) is 2. The van der Waals surface area contributed by atoms with Crippen LogP contribution < -0.4 is 16.7 Å². The van der Waals surface area contributed by atoms with E-state index in [0.717, 1.165) is 15.6 Å². The molecule has 88 valence electrons. The summed E-state index contributed by atoms with van der Waals surface area (Å²) in [6, 6.07) is 4.69. The molecule has 6 nitrogen and oxygen atoms in total. The fraction of sp³-hybridized carbons (Fsp3) is 0.300. The summed E-state index contributed by atoms with van der Waals surface area (Å²) in [5.41, 5.74) is 1.92. The van der Waals surface area contributed by atoms with Gasteiger partial charge in [0.15, 0.2) is 0 Å². The predicted octanol–water partition coefficient (Wildman–Crippen LogP) is 0.0929. The predicted molar refractivity (Wildman–Crippen MR) is 61.1 cm³/mol. The second kappa shape index (κ2) is 4.93. The van der Waals surface area contributed by atoms with Crippen LogP contribution >= 0.6 is 0 Å². The third kappa shape index (κ3) is 2.30. The highest BCUT2D eigenvalue weighted by Crippen LogP contribution is 2.22. The second-order valence-corrected chi connectivity index (χ2v) is 3.49. The first-order valence-corrected chi connectivity index (χ1v) is 4.75. The first-order chi connectivity index (χ1) is 7.49. The Morgan fingerprint density at radius 2 is 2.06 bits per heavy atom. The van der Waals surface area contributed by atoms with Gasteiger partial charge in [0.25, 0.3) is 0 Å². The quantitative estimate of drug-likeness (QED) is 0.377. The summed E-state index contributed by atoms with van der Waals surface area (Å²) in [5, 5.41) is 11.0. The van der Waals surface area contributed by atoms with Gasteiger partial charge in [-0.15, -0.1) is 0 Å². The number of aryl methyl sites for hydroxylation is 1. The summed E-state index contributed by atoms with van der Waals surface area (Å²) in [7, 11) is 1.40. The molecule has 5 N–H and O–H groups in total. The maximum atomic E-state index is 11.5. The van der Waals surface area contributed by atoms with Crippen molar-refractivity contribution in [3.8, 4) is 0 Å². The third-order valence-corrected chi connectivity index (χ3v) is 2.31. The molecule has 1 aromatic rings. The van der Waals surface area contributed by atoms with Crippen LogP contribution in [0, 0.1) is 6.92 Å². The van der Waals surface area contributed by atoms with Crippen molar-refractivity contribution in [2.45, 2.75) is 13.5 Å². The Balaban J connectivity index is 3.13. The zero-order chi connectivity index (χ0) is 12.3. The number of hydrogen-bond donors (Lipinski definition) is 3. The van der Waals surface area contributed by atoms with E-state index in [1.54, 1.807) is 12.1 Å². The molecule has 1 rings (SSSR count). The summed E-state index contributed by atoms with van der Waals surface area (Å²) in [5.74, 6) is 10.9. The van der Waals surface area contributed by atoms with Crippen molar-refractivity contribution in [3.63, 3.8) is 0 Å².